The van der Waals surface area contributed by atoms with Gasteiger partial charge in [-0.15, -0.1) is 0 Å². The van der Waals surface area contributed by atoms with Crippen LogP contribution < -0.4 is 0 Å². The molecule has 0 amide bonds. The van der Waals surface area contributed by atoms with Crippen molar-refractivity contribution in [1.29, 1.82) is 5.26 Å². The lowest BCUT2D eigenvalue weighted by molar-refractivity contribution is 0.0790. The molecular formula is C12H22N2. The minimum Gasteiger partial charge on any atom is -0.286 e. The highest BCUT2D eigenvalue weighted by Gasteiger charge is 2.36. The molecule has 0 radical (unpaired) electrons. The lowest BCUT2D eigenvalue weighted by atomic mass is 9.83. The van der Waals surface area contributed by atoms with E-state index in [0.29, 0.717) is 5.92 Å². The highest BCUT2D eigenvalue weighted by atomic mass is 15.2. The van der Waals surface area contributed by atoms with Crippen LogP contribution in [0.25, 0.3) is 0 Å². The van der Waals surface area contributed by atoms with Gasteiger partial charge in [-0.25, -0.2) is 0 Å². The number of likely N-dealkylation sites (tertiary alicyclic amines) is 1. The van der Waals surface area contributed by atoms with E-state index in [0.717, 1.165) is 19.5 Å². The first-order valence-corrected chi connectivity index (χ1v) is 5.81. The average molecular weight is 194 g/mol. The summed E-state index contributed by atoms with van der Waals surface area (Å²) in [6, 6.07) is 2.52. The van der Waals surface area contributed by atoms with Crippen LogP contribution in [0, 0.1) is 17.2 Å². The third kappa shape index (κ3) is 2.09. The molecule has 0 aromatic carbocycles. The third-order valence-electron chi connectivity index (χ3n) is 3.81. The van der Waals surface area contributed by atoms with Crippen LogP contribution >= 0.6 is 0 Å². The molecule has 0 N–H and O–H groups in total. The SMILES string of the molecule is CCC(C)C(C)(C#N)N1CCCCC1. The second-order valence-electron chi connectivity index (χ2n) is 4.62. The van der Waals surface area contributed by atoms with Crippen molar-refractivity contribution in [2.45, 2.75) is 52.0 Å². The van der Waals surface area contributed by atoms with Crippen LogP contribution in [-0.4, -0.2) is 23.5 Å². The fourth-order valence-corrected chi connectivity index (χ4v) is 2.25. The van der Waals surface area contributed by atoms with Crippen LogP contribution in [0.15, 0.2) is 0 Å². The van der Waals surface area contributed by atoms with E-state index in [1.165, 1.54) is 19.3 Å². The maximum absolute atomic E-state index is 9.35. The largest absolute Gasteiger partial charge is 0.286 e. The Balaban J connectivity index is 2.72. The number of piperidine rings is 1. The average Bonchev–Trinajstić information content (AvgIpc) is 2.28. The first-order valence-electron chi connectivity index (χ1n) is 5.81. The first kappa shape index (κ1) is 11.5. The summed E-state index contributed by atoms with van der Waals surface area (Å²) >= 11 is 0. The van der Waals surface area contributed by atoms with Crippen molar-refractivity contribution in [3.63, 3.8) is 0 Å². The standard InChI is InChI=1S/C12H22N2/c1-4-11(2)12(3,10-13)14-8-6-5-7-9-14/h11H,4-9H2,1-3H3. The van der Waals surface area contributed by atoms with Crippen LogP contribution in [-0.2, 0) is 0 Å². The summed E-state index contributed by atoms with van der Waals surface area (Å²) in [5.41, 5.74) is -0.241. The molecular weight excluding hydrogens is 172 g/mol. The highest BCUT2D eigenvalue weighted by Crippen LogP contribution is 2.29. The van der Waals surface area contributed by atoms with Crippen molar-refractivity contribution in [2.24, 2.45) is 5.92 Å². The van der Waals surface area contributed by atoms with Gasteiger partial charge in [0.1, 0.15) is 5.54 Å². The van der Waals surface area contributed by atoms with Crippen molar-refractivity contribution >= 4 is 0 Å². The Hall–Kier alpha value is -0.550. The number of nitrogens with zero attached hydrogens (tertiary/aromatic N) is 2. The second kappa shape index (κ2) is 4.79. The minimum atomic E-state index is -0.241. The van der Waals surface area contributed by atoms with Crippen LogP contribution in [0.2, 0.25) is 0 Å². The van der Waals surface area contributed by atoms with Gasteiger partial charge in [-0.2, -0.15) is 5.26 Å². The number of hydrogen-bond acceptors (Lipinski definition) is 2. The van der Waals surface area contributed by atoms with Gasteiger partial charge >= 0.3 is 0 Å². The number of rotatable bonds is 3. The highest BCUT2D eigenvalue weighted by molar-refractivity contribution is 5.08. The third-order valence-corrected chi connectivity index (χ3v) is 3.81. The van der Waals surface area contributed by atoms with Crippen molar-refractivity contribution < 1.29 is 0 Å². The molecule has 2 nitrogen and oxygen atoms in total. The molecule has 1 rings (SSSR count). The monoisotopic (exact) mass is 194 g/mol. The normalized spacial score (nSPS) is 25.0. The van der Waals surface area contributed by atoms with Gasteiger partial charge in [-0.1, -0.05) is 26.7 Å². The fourth-order valence-electron chi connectivity index (χ4n) is 2.25. The van der Waals surface area contributed by atoms with E-state index >= 15 is 0 Å². The summed E-state index contributed by atoms with van der Waals surface area (Å²) in [4.78, 5) is 2.38. The predicted octanol–water partition coefficient (Wildman–Crippen LogP) is 2.80. The molecule has 1 aliphatic rings. The number of hydrogen-bond donors (Lipinski definition) is 0. The lowest BCUT2D eigenvalue weighted by Gasteiger charge is -2.42. The molecule has 2 atom stereocenters. The summed E-state index contributed by atoms with van der Waals surface area (Å²) in [7, 11) is 0. The summed E-state index contributed by atoms with van der Waals surface area (Å²) in [6.07, 6.45) is 4.93. The molecule has 0 aromatic rings. The van der Waals surface area contributed by atoms with Gasteiger partial charge in [0.15, 0.2) is 0 Å². The van der Waals surface area contributed by atoms with Crippen molar-refractivity contribution in [2.75, 3.05) is 13.1 Å². The Morgan fingerprint density at radius 1 is 1.36 bits per heavy atom. The Labute approximate surface area is 87.9 Å². The molecule has 1 saturated heterocycles. The molecule has 0 spiro atoms. The van der Waals surface area contributed by atoms with Crippen LogP contribution in [0.4, 0.5) is 0 Å². The zero-order valence-corrected chi connectivity index (χ0v) is 9.71. The molecule has 2 heteroatoms. The van der Waals surface area contributed by atoms with Crippen LogP contribution in [0.5, 0.6) is 0 Å². The van der Waals surface area contributed by atoms with Crippen LogP contribution in [0.3, 0.4) is 0 Å². The quantitative estimate of drug-likeness (QED) is 0.690. The van der Waals surface area contributed by atoms with Gasteiger partial charge in [0.2, 0.25) is 0 Å². The maximum atomic E-state index is 9.35. The first-order chi connectivity index (χ1) is 6.65. The summed E-state index contributed by atoms with van der Waals surface area (Å²) in [6.45, 7) is 8.68. The van der Waals surface area contributed by atoms with Gasteiger partial charge < -0.3 is 0 Å². The molecule has 80 valence electrons. The zero-order valence-electron chi connectivity index (χ0n) is 9.71. The Morgan fingerprint density at radius 3 is 2.36 bits per heavy atom. The lowest BCUT2D eigenvalue weighted by Crippen LogP contribution is -2.51. The summed E-state index contributed by atoms with van der Waals surface area (Å²) in [5.74, 6) is 0.464. The molecule has 0 aromatic heterocycles. The van der Waals surface area contributed by atoms with Gasteiger partial charge in [0.25, 0.3) is 0 Å². The van der Waals surface area contributed by atoms with Gasteiger partial charge in [0, 0.05) is 0 Å². The molecule has 1 heterocycles. The Bertz CT molecular complexity index is 213. The Morgan fingerprint density at radius 2 is 1.93 bits per heavy atom. The maximum Gasteiger partial charge on any atom is 0.108 e. The van der Waals surface area contributed by atoms with Crippen molar-refractivity contribution in [1.82, 2.24) is 4.90 Å². The van der Waals surface area contributed by atoms with Gasteiger partial charge in [0.05, 0.1) is 6.07 Å². The fraction of sp³-hybridized carbons (Fsp3) is 0.917. The molecule has 1 aliphatic heterocycles. The summed E-state index contributed by atoms with van der Waals surface area (Å²) < 4.78 is 0. The van der Waals surface area contributed by atoms with Gasteiger partial charge in [-0.05, 0) is 38.8 Å². The smallest absolute Gasteiger partial charge is 0.108 e. The Kier molecular flexibility index (Phi) is 3.95. The predicted molar refractivity (Wildman–Crippen MR) is 58.9 cm³/mol. The van der Waals surface area contributed by atoms with E-state index in [4.69, 9.17) is 0 Å². The van der Waals surface area contributed by atoms with Gasteiger partial charge in [-0.3, -0.25) is 4.90 Å². The molecule has 2 unspecified atom stereocenters. The van der Waals surface area contributed by atoms with E-state index in [9.17, 15) is 5.26 Å². The second-order valence-corrected chi connectivity index (χ2v) is 4.62. The molecule has 0 bridgehead atoms. The molecule has 0 aliphatic carbocycles. The van der Waals surface area contributed by atoms with Crippen LogP contribution in [0.1, 0.15) is 46.5 Å². The molecule has 1 fully saturated rings. The van der Waals surface area contributed by atoms with E-state index in [-0.39, 0.29) is 5.54 Å². The topological polar surface area (TPSA) is 27.0 Å². The minimum absolute atomic E-state index is 0.241. The molecule has 14 heavy (non-hydrogen) atoms. The van der Waals surface area contributed by atoms with E-state index in [1.807, 2.05) is 0 Å². The van der Waals surface area contributed by atoms with E-state index in [1.54, 1.807) is 0 Å². The van der Waals surface area contributed by atoms with Crippen molar-refractivity contribution in [3.8, 4) is 6.07 Å². The van der Waals surface area contributed by atoms with E-state index < -0.39 is 0 Å². The van der Waals surface area contributed by atoms with Crippen molar-refractivity contribution in [3.05, 3.63) is 0 Å². The number of nitriles is 1. The van der Waals surface area contributed by atoms with E-state index in [2.05, 4.69) is 31.7 Å². The zero-order chi connectivity index (χ0) is 10.6. The molecule has 0 saturated carbocycles. The summed E-state index contributed by atoms with van der Waals surface area (Å²) in [5, 5.41) is 9.35.